The van der Waals surface area contributed by atoms with Crippen LogP contribution in [0.15, 0.2) is 30.3 Å². The molecule has 0 aliphatic carbocycles. The van der Waals surface area contributed by atoms with Gasteiger partial charge in [-0.25, -0.2) is 0 Å². The van der Waals surface area contributed by atoms with Crippen LogP contribution in [-0.4, -0.2) is 48.9 Å². The molecule has 2 heterocycles. The van der Waals surface area contributed by atoms with Crippen molar-refractivity contribution >= 4 is 33.2 Å². The van der Waals surface area contributed by atoms with Gasteiger partial charge in [-0.15, -0.1) is 11.3 Å². The Morgan fingerprint density at radius 1 is 1.24 bits per heavy atom. The molecule has 2 amide bonds. The fourth-order valence-electron chi connectivity index (χ4n) is 3.12. The minimum Gasteiger partial charge on any atom is -0.340 e. The summed E-state index contributed by atoms with van der Waals surface area (Å²) in [6.07, 6.45) is 0.652. The lowest BCUT2D eigenvalue weighted by Gasteiger charge is -2.31. The van der Waals surface area contributed by atoms with E-state index in [9.17, 15) is 9.59 Å². The number of rotatable bonds is 5. The Bertz CT molecular complexity index is 717. The molecule has 0 unspecified atom stereocenters. The number of hydrogen-bond donors (Lipinski definition) is 2. The van der Waals surface area contributed by atoms with Crippen molar-refractivity contribution in [3.05, 3.63) is 35.2 Å². The van der Waals surface area contributed by atoms with Crippen LogP contribution in [0.3, 0.4) is 0 Å². The second kappa shape index (κ2) is 7.97. The topological polar surface area (TPSA) is 61.4 Å². The third-order valence-corrected chi connectivity index (χ3v) is 5.50. The Hall–Kier alpha value is -1.92. The first-order chi connectivity index (χ1) is 12.0. The van der Waals surface area contributed by atoms with Crippen molar-refractivity contribution in [3.8, 4) is 0 Å². The number of carbonyl (C=O) groups is 2. The molecule has 1 saturated heterocycles. The maximum absolute atomic E-state index is 12.9. The minimum absolute atomic E-state index is 0.0321. The third-order valence-electron chi connectivity index (χ3n) is 4.39. The lowest BCUT2D eigenvalue weighted by atomic mass is 10.0. The molecule has 0 saturated carbocycles. The van der Waals surface area contributed by atoms with Crippen molar-refractivity contribution in [2.45, 2.75) is 26.3 Å². The molecule has 1 aromatic heterocycles. The Balaban J connectivity index is 1.74. The molecule has 2 aromatic rings. The molecule has 2 N–H and O–H groups in total. The predicted octanol–water partition coefficient (Wildman–Crippen LogP) is 2.48. The number of nitrogens with one attached hydrogen (secondary N) is 2. The zero-order valence-electron chi connectivity index (χ0n) is 14.7. The summed E-state index contributed by atoms with van der Waals surface area (Å²) in [6, 6.07) is 9.38. The van der Waals surface area contributed by atoms with Crippen molar-refractivity contribution in [1.82, 2.24) is 15.5 Å². The molecule has 5 nitrogen and oxygen atoms in total. The van der Waals surface area contributed by atoms with Gasteiger partial charge in [-0.1, -0.05) is 32.0 Å². The predicted molar refractivity (Wildman–Crippen MR) is 102 cm³/mol. The quantitative estimate of drug-likeness (QED) is 0.862. The molecule has 0 radical (unpaired) electrons. The molecule has 134 valence electrons. The second-order valence-electron chi connectivity index (χ2n) is 6.88. The number of piperazine rings is 1. The lowest BCUT2D eigenvalue weighted by molar-refractivity contribution is -0.134. The zero-order chi connectivity index (χ0) is 17.8. The van der Waals surface area contributed by atoms with Crippen LogP contribution in [0.5, 0.6) is 0 Å². The Kier molecular flexibility index (Phi) is 5.71. The van der Waals surface area contributed by atoms with Crippen LogP contribution in [0.2, 0.25) is 0 Å². The van der Waals surface area contributed by atoms with Gasteiger partial charge in [-0.2, -0.15) is 0 Å². The van der Waals surface area contributed by atoms with Crippen LogP contribution in [0, 0.1) is 5.92 Å². The van der Waals surface area contributed by atoms with Gasteiger partial charge in [0.05, 0.1) is 4.88 Å². The van der Waals surface area contributed by atoms with Gasteiger partial charge in [0, 0.05) is 30.9 Å². The monoisotopic (exact) mass is 359 g/mol. The van der Waals surface area contributed by atoms with Crippen LogP contribution in [0.1, 0.15) is 29.9 Å². The fourth-order valence-corrected chi connectivity index (χ4v) is 4.09. The van der Waals surface area contributed by atoms with Crippen molar-refractivity contribution in [1.29, 1.82) is 0 Å². The van der Waals surface area contributed by atoms with Crippen LogP contribution >= 0.6 is 11.3 Å². The summed E-state index contributed by atoms with van der Waals surface area (Å²) in [5.41, 5.74) is 0. The van der Waals surface area contributed by atoms with E-state index in [0.717, 1.165) is 23.2 Å². The van der Waals surface area contributed by atoms with E-state index in [1.807, 2.05) is 35.2 Å². The second-order valence-corrected chi connectivity index (χ2v) is 7.96. The molecule has 1 aliphatic rings. The van der Waals surface area contributed by atoms with Crippen molar-refractivity contribution in [3.63, 3.8) is 0 Å². The van der Waals surface area contributed by atoms with Gasteiger partial charge in [-0.3, -0.25) is 9.59 Å². The van der Waals surface area contributed by atoms with Crippen molar-refractivity contribution < 1.29 is 9.59 Å². The van der Waals surface area contributed by atoms with Gasteiger partial charge in [0.15, 0.2) is 0 Å². The summed E-state index contributed by atoms with van der Waals surface area (Å²) in [5, 5.41) is 7.30. The van der Waals surface area contributed by atoms with Crippen molar-refractivity contribution in [2.75, 3.05) is 26.2 Å². The summed E-state index contributed by atoms with van der Waals surface area (Å²) < 4.78 is 1.08. The maximum Gasteiger partial charge on any atom is 0.262 e. The molecule has 3 rings (SSSR count). The van der Waals surface area contributed by atoms with Crippen LogP contribution in [0.25, 0.3) is 10.1 Å². The lowest BCUT2D eigenvalue weighted by Crippen LogP contribution is -2.54. The van der Waals surface area contributed by atoms with Crippen molar-refractivity contribution in [2.24, 2.45) is 5.92 Å². The Morgan fingerprint density at radius 2 is 1.96 bits per heavy atom. The smallest absolute Gasteiger partial charge is 0.262 e. The molecule has 6 heteroatoms. The molecular formula is C19H25N3O2S. The summed E-state index contributed by atoms with van der Waals surface area (Å²) in [4.78, 5) is 28.1. The fraction of sp³-hybridized carbons (Fsp3) is 0.474. The number of nitrogens with zero attached hydrogens (tertiary/aromatic N) is 1. The highest BCUT2D eigenvalue weighted by Crippen LogP contribution is 2.25. The summed E-state index contributed by atoms with van der Waals surface area (Å²) >= 11 is 1.47. The Morgan fingerprint density at radius 3 is 2.64 bits per heavy atom. The van der Waals surface area contributed by atoms with E-state index in [0.29, 0.717) is 30.3 Å². The molecule has 1 aliphatic heterocycles. The summed E-state index contributed by atoms with van der Waals surface area (Å²) in [6.45, 7) is 7.17. The van der Waals surface area contributed by atoms with E-state index in [1.165, 1.54) is 11.3 Å². The number of thiophene rings is 1. The van der Waals surface area contributed by atoms with Crippen LogP contribution in [0.4, 0.5) is 0 Å². The van der Waals surface area contributed by atoms with Gasteiger partial charge < -0.3 is 15.5 Å². The average molecular weight is 359 g/mol. The van der Waals surface area contributed by atoms with Gasteiger partial charge in [0.25, 0.3) is 5.91 Å². The molecule has 1 aromatic carbocycles. The van der Waals surface area contributed by atoms with Gasteiger partial charge in [0.1, 0.15) is 6.04 Å². The molecule has 1 atom stereocenters. The summed E-state index contributed by atoms with van der Waals surface area (Å²) in [5.74, 6) is 0.208. The van der Waals surface area contributed by atoms with E-state index in [2.05, 4.69) is 24.5 Å². The summed E-state index contributed by atoms with van der Waals surface area (Å²) in [7, 11) is 0. The first-order valence-electron chi connectivity index (χ1n) is 8.83. The zero-order valence-corrected chi connectivity index (χ0v) is 15.6. The highest BCUT2D eigenvalue weighted by molar-refractivity contribution is 7.20. The number of amides is 2. The minimum atomic E-state index is -0.462. The standard InChI is InChI=1S/C19H25N3O2S/c1-13(2)11-15(19(24)22-9-7-20-8-10-22)21-18(23)17-12-14-5-3-4-6-16(14)25-17/h3-6,12-13,15,20H,7-11H2,1-2H3,(H,21,23)/t15-/m0/s1. The van der Waals surface area contributed by atoms with Crippen LogP contribution < -0.4 is 10.6 Å². The normalized spacial score (nSPS) is 16.2. The van der Waals surface area contributed by atoms with Crippen LogP contribution in [-0.2, 0) is 4.79 Å². The highest BCUT2D eigenvalue weighted by atomic mass is 32.1. The highest BCUT2D eigenvalue weighted by Gasteiger charge is 2.28. The van der Waals surface area contributed by atoms with Gasteiger partial charge in [-0.05, 0) is 29.9 Å². The number of fused-ring (bicyclic) bond motifs is 1. The van der Waals surface area contributed by atoms with Gasteiger partial charge >= 0.3 is 0 Å². The molecular weight excluding hydrogens is 334 g/mol. The van der Waals surface area contributed by atoms with E-state index in [4.69, 9.17) is 0 Å². The average Bonchev–Trinajstić information content (AvgIpc) is 3.05. The SMILES string of the molecule is CC(C)C[C@H](NC(=O)c1cc2ccccc2s1)C(=O)N1CCNCC1. The third kappa shape index (κ3) is 4.38. The number of hydrogen-bond acceptors (Lipinski definition) is 4. The number of carbonyl (C=O) groups excluding carboxylic acids is 2. The first-order valence-corrected chi connectivity index (χ1v) is 9.65. The molecule has 1 fully saturated rings. The van der Waals surface area contributed by atoms with E-state index < -0.39 is 6.04 Å². The molecule has 25 heavy (non-hydrogen) atoms. The van der Waals surface area contributed by atoms with E-state index in [-0.39, 0.29) is 11.8 Å². The maximum atomic E-state index is 12.9. The number of benzene rings is 1. The van der Waals surface area contributed by atoms with E-state index >= 15 is 0 Å². The molecule has 0 spiro atoms. The largest absolute Gasteiger partial charge is 0.340 e. The van der Waals surface area contributed by atoms with E-state index in [1.54, 1.807) is 0 Å². The first kappa shape index (κ1) is 17.9. The Labute approximate surface area is 152 Å². The molecule has 0 bridgehead atoms. The van der Waals surface area contributed by atoms with Gasteiger partial charge in [0.2, 0.25) is 5.91 Å².